The van der Waals surface area contributed by atoms with Crippen molar-refractivity contribution in [2.45, 2.75) is 26.2 Å². The molecular formula is C13H19N3OS. The van der Waals surface area contributed by atoms with Gasteiger partial charge in [0.05, 0.1) is 18.3 Å². The summed E-state index contributed by atoms with van der Waals surface area (Å²) in [5.74, 6) is 1.43. The fourth-order valence-corrected chi connectivity index (χ4v) is 3.30. The molecular weight excluding hydrogens is 246 g/mol. The number of hydrogen-bond acceptors (Lipinski definition) is 5. The highest BCUT2D eigenvalue weighted by Gasteiger charge is 2.27. The Balaban J connectivity index is 1.81. The van der Waals surface area contributed by atoms with Crippen molar-refractivity contribution in [3.8, 4) is 5.88 Å². The van der Waals surface area contributed by atoms with Crippen LogP contribution in [0.5, 0.6) is 5.88 Å². The highest BCUT2D eigenvalue weighted by Crippen LogP contribution is 2.32. The van der Waals surface area contributed by atoms with E-state index < -0.39 is 0 Å². The van der Waals surface area contributed by atoms with Crippen LogP contribution in [0.3, 0.4) is 0 Å². The van der Waals surface area contributed by atoms with E-state index in [1.54, 1.807) is 0 Å². The second-order valence-electron chi connectivity index (χ2n) is 5.10. The van der Waals surface area contributed by atoms with Crippen LogP contribution in [0.4, 0.5) is 0 Å². The van der Waals surface area contributed by atoms with Crippen molar-refractivity contribution in [3.05, 3.63) is 11.8 Å². The zero-order valence-electron chi connectivity index (χ0n) is 10.8. The zero-order chi connectivity index (χ0) is 12.4. The summed E-state index contributed by atoms with van der Waals surface area (Å²) in [6, 6.07) is 0. The molecule has 0 saturated carbocycles. The average molecular weight is 265 g/mol. The van der Waals surface area contributed by atoms with Gasteiger partial charge in [0.1, 0.15) is 5.69 Å². The number of fused-ring (bicyclic) bond motifs is 2. The van der Waals surface area contributed by atoms with E-state index in [0.29, 0.717) is 5.92 Å². The van der Waals surface area contributed by atoms with Crippen LogP contribution in [0.2, 0.25) is 0 Å². The Hall–Kier alpha value is -0.940. The maximum absolute atomic E-state index is 5.68. The van der Waals surface area contributed by atoms with Gasteiger partial charge in [0.25, 0.3) is 5.88 Å². The van der Waals surface area contributed by atoms with Crippen molar-refractivity contribution in [2.75, 3.05) is 26.2 Å². The molecule has 0 N–H and O–H groups in total. The summed E-state index contributed by atoms with van der Waals surface area (Å²) in [6.07, 6.45) is 6.03. The number of nitrogens with zero attached hydrogens (tertiary/aromatic N) is 3. The predicted octanol–water partition coefficient (Wildman–Crippen LogP) is 2.44. The van der Waals surface area contributed by atoms with Gasteiger partial charge in [-0.1, -0.05) is 13.0 Å². The lowest BCUT2D eigenvalue weighted by Crippen LogP contribution is -2.39. The minimum atomic E-state index is 0.697. The smallest absolute Gasteiger partial charge is 0.253 e. The molecule has 2 unspecified atom stereocenters. The minimum absolute atomic E-state index is 0.697. The summed E-state index contributed by atoms with van der Waals surface area (Å²) in [4.78, 5) is 2.52. The third-order valence-corrected chi connectivity index (χ3v) is 4.09. The standard InChI is InChI=1S/C13H19N3OS/c1-2-6-17-13-12(14-18-15-13)11-7-10-4-3-5-16(8-10)9-11/h7,10H,2-6,8-9H2,1H3. The second-order valence-corrected chi connectivity index (χ2v) is 5.62. The Kier molecular flexibility index (Phi) is 3.61. The van der Waals surface area contributed by atoms with Crippen LogP contribution in [-0.2, 0) is 0 Å². The highest BCUT2D eigenvalue weighted by molar-refractivity contribution is 6.99. The first-order chi connectivity index (χ1) is 8.86. The molecule has 1 saturated heterocycles. The van der Waals surface area contributed by atoms with E-state index in [-0.39, 0.29) is 0 Å². The molecule has 2 aliphatic rings. The molecule has 98 valence electrons. The van der Waals surface area contributed by atoms with Crippen molar-refractivity contribution < 1.29 is 4.74 Å². The van der Waals surface area contributed by atoms with Gasteiger partial charge in [-0.15, -0.1) is 4.37 Å². The number of ether oxygens (including phenoxy) is 1. The molecule has 1 aromatic heterocycles. The van der Waals surface area contributed by atoms with E-state index >= 15 is 0 Å². The molecule has 5 heteroatoms. The van der Waals surface area contributed by atoms with Crippen molar-refractivity contribution in [1.29, 1.82) is 0 Å². The topological polar surface area (TPSA) is 38.3 Å². The SMILES string of the molecule is CCCOc1nsnc1C1=CC2CCCN(C1)C2. The molecule has 4 nitrogen and oxygen atoms in total. The number of hydrogen-bond donors (Lipinski definition) is 0. The van der Waals surface area contributed by atoms with Crippen molar-refractivity contribution in [2.24, 2.45) is 5.92 Å². The lowest BCUT2D eigenvalue weighted by atomic mass is 9.90. The molecule has 3 rings (SSSR count). The first-order valence-corrected chi connectivity index (χ1v) is 7.48. The maximum Gasteiger partial charge on any atom is 0.253 e. The molecule has 0 spiro atoms. The first kappa shape index (κ1) is 12.1. The predicted molar refractivity (Wildman–Crippen MR) is 72.8 cm³/mol. The van der Waals surface area contributed by atoms with E-state index in [9.17, 15) is 0 Å². The van der Waals surface area contributed by atoms with Gasteiger partial charge in [0.2, 0.25) is 0 Å². The molecule has 0 radical (unpaired) electrons. The number of aromatic nitrogens is 2. The molecule has 3 heterocycles. The normalized spacial score (nSPS) is 26.8. The molecule has 0 amide bonds. The van der Waals surface area contributed by atoms with Crippen LogP contribution in [0.15, 0.2) is 6.08 Å². The van der Waals surface area contributed by atoms with Crippen LogP contribution in [0.1, 0.15) is 31.9 Å². The molecule has 1 fully saturated rings. The summed E-state index contributed by atoms with van der Waals surface area (Å²) in [7, 11) is 0. The molecule has 2 aliphatic heterocycles. The lowest BCUT2D eigenvalue weighted by Gasteiger charge is -2.36. The molecule has 0 aromatic carbocycles. The first-order valence-electron chi connectivity index (χ1n) is 6.75. The number of rotatable bonds is 4. The van der Waals surface area contributed by atoms with E-state index in [4.69, 9.17) is 4.74 Å². The van der Waals surface area contributed by atoms with E-state index in [0.717, 1.165) is 31.1 Å². The second kappa shape index (κ2) is 5.36. The van der Waals surface area contributed by atoms with Crippen LogP contribution < -0.4 is 4.74 Å². The Morgan fingerprint density at radius 1 is 1.50 bits per heavy atom. The van der Waals surface area contributed by atoms with Crippen molar-refractivity contribution in [3.63, 3.8) is 0 Å². The third kappa shape index (κ3) is 2.42. The molecule has 18 heavy (non-hydrogen) atoms. The van der Waals surface area contributed by atoms with Crippen LogP contribution in [-0.4, -0.2) is 39.9 Å². The molecule has 0 aliphatic carbocycles. The molecule has 2 atom stereocenters. The summed E-state index contributed by atoms with van der Waals surface area (Å²) < 4.78 is 14.4. The van der Waals surface area contributed by atoms with Gasteiger partial charge < -0.3 is 4.74 Å². The third-order valence-electron chi connectivity index (χ3n) is 3.58. The quantitative estimate of drug-likeness (QED) is 0.838. The van der Waals surface area contributed by atoms with Gasteiger partial charge >= 0.3 is 0 Å². The molecule has 2 bridgehead atoms. The number of piperidine rings is 1. The Labute approximate surface area is 112 Å². The van der Waals surface area contributed by atoms with Gasteiger partial charge in [0.15, 0.2) is 0 Å². The summed E-state index contributed by atoms with van der Waals surface area (Å²) >= 11 is 1.25. The Morgan fingerprint density at radius 3 is 3.28 bits per heavy atom. The monoisotopic (exact) mass is 265 g/mol. The van der Waals surface area contributed by atoms with Gasteiger partial charge in [-0.05, 0) is 37.3 Å². The maximum atomic E-state index is 5.68. The van der Waals surface area contributed by atoms with Crippen LogP contribution >= 0.6 is 11.7 Å². The molecule has 1 aromatic rings. The van der Waals surface area contributed by atoms with Gasteiger partial charge in [-0.2, -0.15) is 4.37 Å². The van der Waals surface area contributed by atoms with Crippen LogP contribution in [0.25, 0.3) is 5.57 Å². The van der Waals surface area contributed by atoms with E-state index in [2.05, 4.69) is 26.6 Å². The van der Waals surface area contributed by atoms with Gasteiger partial charge in [-0.3, -0.25) is 4.90 Å². The van der Waals surface area contributed by atoms with Crippen molar-refractivity contribution in [1.82, 2.24) is 13.6 Å². The van der Waals surface area contributed by atoms with Gasteiger partial charge in [-0.25, -0.2) is 0 Å². The highest BCUT2D eigenvalue weighted by atomic mass is 32.1. The lowest BCUT2D eigenvalue weighted by molar-refractivity contribution is 0.207. The van der Waals surface area contributed by atoms with E-state index in [1.165, 1.54) is 43.2 Å². The largest absolute Gasteiger partial charge is 0.475 e. The van der Waals surface area contributed by atoms with Crippen molar-refractivity contribution >= 4 is 17.3 Å². The summed E-state index contributed by atoms with van der Waals surface area (Å²) in [5, 5.41) is 0. The summed E-state index contributed by atoms with van der Waals surface area (Å²) in [5.41, 5.74) is 2.29. The Morgan fingerprint density at radius 2 is 2.44 bits per heavy atom. The van der Waals surface area contributed by atoms with Gasteiger partial charge in [0, 0.05) is 13.1 Å². The minimum Gasteiger partial charge on any atom is -0.475 e. The fourth-order valence-electron chi connectivity index (χ4n) is 2.77. The fraction of sp³-hybridized carbons (Fsp3) is 0.692. The zero-order valence-corrected chi connectivity index (χ0v) is 11.6. The average Bonchev–Trinajstić information content (AvgIpc) is 2.84. The Bertz CT molecular complexity index is 443. The van der Waals surface area contributed by atoms with Crippen LogP contribution in [0, 0.1) is 5.92 Å². The van der Waals surface area contributed by atoms with E-state index in [1.807, 2.05) is 0 Å². The summed E-state index contributed by atoms with van der Waals surface area (Å²) in [6.45, 7) is 6.27.